The molecule has 32 heavy (non-hydrogen) atoms. The van der Waals surface area contributed by atoms with Gasteiger partial charge in [0.05, 0.1) is 18.0 Å². The maximum absolute atomic E-state index is 12.8. The maximum atomic E-state index is 12.8. The number of rotatable bonds is 8. The lowest BCUT2D eigenvalue weighted by Crippen LogP contribution is -2.16. The predicted molar refractivity (Wildman–Crippen MR) is 123 cm³/mol. The van der Waals surface area contributed by atoms with E-state index in [-0.39, 0.29) is 23.2 Å². The van der Waals surface area contributed by atoms with E-state index >= 15 is 0 Å². The fourth-order valence-corrected chi connectivity index (χ4v) is 4.43. The van der Waals surface area contributed by atoms with Gasteiger partial charge in [-0.15, -0.1) is 10.2 Å². The molecule has 0 spiro atoms. The molecule has 7 nitrogen and oxygen atoms in total. The summed E-state index contributed by atoms with van der Waals surface area (Å²) in [5, 5.41) is 13.1. The molecule has 2 aromatic heterocycles. The molecular weight excluding hydrogens is 424 g/mol. The Morgan fingerprint density at radius 2 is 1.84 bits per heavy atom. The van der Waals surface area contributed by atoms with Gasteiger partial charge >= 0.3 is 0 Å². The number of hydrogen-bond donors (Lipinski definition) is 1. The van der Waals surface area contributed by atoms with E-state index in [0.717, 1.165) is 29.4 Å². The summed E-state index contributed by atoms with van der Waals surface area (Å²) in [6.07, 6.45) is 2.25. The number of aromatic nitrogens is 3. The summed E-state index contributed by atoms with van der Waals surface area (Å²) in [7, 11) is 0. The average molecular weight is 447 g/mol. The lowest BCUT2D eigenvalue weighted by molar-refractivity contribution is -0.113. The Morgan fingerprint density at radius 3 is 2.59 bits per heavy atom. The highest BCUT2D eigenvalue weighted by molar-refractivity contribution is 7.99. The number of ketones is 1. The van der Waals surface area contributed by atoms with Crippen molar-refractivity contribution in [3.8, 4) is 0 Å². The number of furan rings is 1. The molecule has 0 aliphatic heterocycles. The van der Waals surface area contributed by atoms with E-state index in [1.54, 1.807) is 6.07 Å². The zero-order valence-corrected chi connectivity index (χ0v) is 18.4. The molecule has 4 aromatic rings. The minimum Gasteiger partial charge on any atom is -0.451 e. The molecule has 162 valence electrons. The van der Waals surface area contributed by atoms with Crippen LogP contribution in [0.15, 0.2) is 64.2 Å². The maximum Gasteiger partial charge on any atom is 0.234 e. The summed E-state index contributed by atoms with van der Waals surface area (Å²) in [5.41, 5.74) is 2.15. The number of nitrogens with zero attached hydrogens (tertiary/aromatic N) is 3. The lowest BCUT2D eigenvalue weighted by Gasteiger charge is -2.10. The standard InChI is InChI=1S/C24H22N4O3S/c1-15(29)22-21(18-9-5-6-10-19(18)31-22)25-20(30)14-32-24-27-26-23(17-11-12-17)28(24)13-16-7-3-2-4-8-16/h2-10,17H,11-14H2,1H3,(H,25,30). The third-order valence-electron chi connectivity index (χ3n) is 5.38. The van der Waals surface area contributed by atoms with E-state index in [1.807, 2.05) is 36.4 Å². The first-order valence-corrected chi connectivity index (χ1v) is 11.5. The van der Waals surface area contributed by atoms with Gasteiger partial charge in [-0.05, 0) is 30.5 Å². The van der Waals surface area contributed by atoms with Gasteiger partial charge in [0.2, 0.25) is 5.91 Å². The van der Waals surface area contributed by atoms with Crippen LogP contribution in [0, 0.1) is 0 Å². The zero-order valence-electron chi connectivity index (χ0n) is 17.6. The number of para-hydroxylation sites is 1. The van der Waals surface area contributed by atoms with E-state index in [2.05, 4.69) is 32.2 Å². The number of nitrogens with one attached hydrogen (secondary N) is 1. The minimum absolute atomic E-state index is 0.147. The van der Waals surface area contributed by atoms with Crippen molar-refractivity contribution >= 4 is 40.1 Å². The number of hydrogen-bond acceptors (Lipinski definition) is 6. The summed E-state index contributed by atoms with van der Waals surface area (Å²) in [6, 6.07) is 17.4. The highest BCUT2D eigenvalue weighted by atomic mass is 32.2. The van der Waals surface area contributed by atoms with Crippen LogP contribution >= 0.6 is 11.8 Å². The van der Waals surface area contributed by atoms with Crippen LogP contribution in [-0.4, -0.2) is 32.2 Å². The predicted octanol–water partition coefficient (Wildman–Crippen LogP) is 4.88. The van der Waals surface area contributed by atoms with Crippen LogP contribution < -0.4 is 5.32 Å². The Kier molecular flexibility index (Phi) is 5.53. The Hall–Kier alpha value is -3.39. The van der Waals surface area contributed by atoms with Crippen molar-refractivity contribution < 1.29 is 14.0 Å². The van der Waals surface area contributed by atoms with Crippen LogP contribution in [0.3, 0.4) is 0 Å². The number of amides is 1. The molecule has 0 unspecified atom stereocenters. The molecule has 0 saturated heterocycles. The second-order valence-corrected chi connectivity index (χ2v) is 8.82. The molecule has 1 N–H and O–H groups in total. The van der Waals surface area contributed by atoms with Crippen molar-refractivity contribution in [1.29, 1.82) is 0 Å². The van der Waals surface area contributed by atoms with Crippen molar-refractivity contribution in [2.24, 2.45) is 0 Å². The normalized spacial score (nSPS) is 13.4. The fraction of sp³-hybridized carbons (Fsp3) is 0.250. The van der Waals surface area contributed by atoms with E-state index in [1.165, 1.54) is 18.7 Å². The van der Waals surface area contributed by atoms with Gasteiger partial charge in [0, 0.05) is 18.2 Å². The third-order valence-corrected chi connectivity index (χ3v) is 6.35. The molecule has 5 rings (SSSR count). The van der Waals surface area contributed by atoms with Crippen molar-refractivity contribution in [1.82, 2.24) is 14.8 Å². The molecule has 0 atom stereocenters. The summed E-state index contributed by atoms with van der Waals surface area (Å²) in [5.74, 6) is 1.27. The minimum atomic E-state index is -0.235. The van der Waals surface area contributed by atoms with Gasteiger partial charge in [0.15, 0.2) is 16.7 Å². The van der Waals surface area contributed by atoms with Crippen LogP contribution in [-0.2, 0) is 11.3 Å². The van der Waals surface area contributed by atoms with E-state index in [4.69, 9.17) is 4.42 Å². The van der Waals surface area contributed by atoms with Gasteiger partial charge in [-0.1, -0.05) is 54.2 Å². The number of benzene rings is 2. The Balaban J connectivity index is 1.33. The van der Waals surface area contributed by atoms with Gasteiger partial charge in [-0.25, -0.2) is 0 Å². The van der Waals surface area contributed by atoms with Gasteiger partial charge in [-0.2, -0.15) is 0 Å². The number of carbonyl (C=O) groups excluding carboxylic acids is 2. The largest absolute Gasteiger partial charge is 0.451 e. The van der Waals surface area contributed by atoms with Gasteiger partial charge in [-0.3, -0.25) is 9.59 Å². The first kappa shape index (κ1) is 20.5. The van der Waals surface area contributed by atoms with Crippen molar-refractivity contribution in [3.63, 3.8) is 0 Å². The summed E-state index contributed by atoms with van der Waals surface area (Å²) in [4.78, 5) is 24.8. The number of Topliss-reactive ketones (excluding diaryl/α,β-unsaturated/α-hetero) is 1. The van der Waals surface area contributed by atoms with Gasteiger partial charge < -0.3 is 14.3 Å². The van der Waals surface area contributed by atoms with Crippen molar-refractivity contribution in [3.05, 3.63) is 71.7 Å². The second kappa shape index (κ2) is 8.63. The molecule has 1 aliphatic carbocycles. The number of anilines is 1. The van der Waals surface area contributed by atoms with E-state index in [9.17, 15) is 9.59 Å². The molecule has 8 heteroatoms. The first-order valence-electron chi connectivity index (χ1n) is 10.5. The first-order chi connectivity index (χ1) is 15.6. The molecule has 1 fully saturated rings. The molecule has 1 amide bonds. The van der Waals surface area contributed by atoms with Crippen LogP contribution in [0.1, 0.15) is 47.6 Å². The quantitative estimate of drug-likeness (QED) is 0.306. The monoisotopic (exact) mass is 446 g/mol. The van der Waals surface area contributed by atoms with Gasteiger partial charge in [0.1, 0.15) is 11.4 Å². The second-order valence-electron chi connectivity index (χ2n) is 7.88. The number of fused-ring (bicyclic) bond motifs is 1. The third kappa shape index (κ3) is 4.18. The van der Waals surface area contributed by atoms with Crippen LogP contribution in [0.2, 0.25) is 0 Å². The number of thioether (sulfide) groups is 1. The topological polar surface area (TPSA) is 90.0 Å². The summed E-state index contributed by atoms with van der Waals surface area (Å²) in [6.45, 7) is 2.10. The van der Waals surface area contributed by atoms with Crippen LogP contribution in [0.5, 0.6) is 0 Å². The SMILES string of the molecule is CC(=O)c1oc2ccccc2c1NC(=O)CSc1nnc(C2CC2)n1Cc1ccccc1. The average Bonchev–Trinajstić information content (AvgIpc) is 3.47. The Bertz CT molecular complexity index is 1290. The van der Waals surface area contributed by atoms with Crippen LogP contribution in [0.25, 0.3) is 11.0 Å². The van der Waals surface area contributed by atoms with E-state index in [0.29, 0.717) is 29.1 Å². The van der Waals surface area contributed by atoms with Crippen LogP contribution in [0.4, 0.5) is 5.69 Å². The smallest absolute Gasteiger partial charge is 0.234 e. The summed E-state index contributed by atoms with van der Waals surface area (Å²) < 4.78 is 7.76. The fourth-order valence-electron chi connectivity index (χ4n) is 3.69. The lowest BCUT2D eigenvalue weighted by atomic mass is 10.2. The summed E-state index contributed by atoms with van der Waals surface area (Å²) >= 11 is 1.34. The molecular formula is C24H22N4O3S. The molecule has 1 saturated carbocycles. The molecule has 1 aliphatic rings. The van der Waals surface area contributed by atoms with Crippen molar-refractivity contribution in [2.45, 2.75) is 37.4 Å². The Labute approximate surface area is 189 Å². The highest BCUT2D eigenvalue weighted by Gasteiger charge is 2.30. The van der Waals surface area contributed by atoms with E-state index < -0.39 is 0 Å². The number of carbonyl (C=O) groups is 2. The molecule has 2 heterocycles. The highest BCUT2D eigenvalue weighted by Crippen LogP contribution is 2.40. The van der Waals surface area contributed by atoms with Gasteiger partial charge in [0.25, 0.3) is 0 Å². The molecule has 2 aromatic carbocycles. The zero-order chi connectivity index (χ0) is 22.1. The Morgan fingerprint density at radius 1 is 1.09 bits per heavy atom. The molecule has 0 radical (unpaired) electrons. The molecule has 0 bridgehead atoms. The van der Waals surface area contributed by atoms with Crippen molar-refractivity contribution in [2.75, 3.05) is 11.1 Å².